The number of carbonyl (C=O) groups excluding carboxylic acids is 1. The first-order chi connectivity index (χ1) is 7.49. The molecular formula is C12H17N3O. The minimum absolute atomic E-state index is 0.0254. The minimum atomic E-state index is -0.0717. The summed E-state index contributed by atoms with van der Waals surface area (Å²) in [5.41, 5.74) is 7.59. The van der Waals surface area contributed by atoms with E-state index in [0.717, 1.165) is 5.56 Å². The lowest BCUT2D eigenvalue weighted by Gasteiger charge is -2.13. The molecule has 4 nitrogen and oxygen atoms in total. The van der Waals surface area contributed by atoms with Gasteiger partial charge in [-0.05, 0) is 24.6 Å². The van der Waals surface area contributed by atoms with Gasteiger partial charge < -0.3 is 16.5 Å². The Morgan fingerprint density at radius 1 is 1.44 bits per heavy atom. The normalized spacial score (nSPS) is 11.9. The van der Waals surface area contributed by atoms with Gasteiger partial charge in [-0.3, -0.25) is 4.79 Å². The first kappa shape index (κ1) is 12.2. The molecule has 0 bridgehead atoms. The molecule has 4 N–H and O–H groups in total. The lowest BCUT2D eigenvalue weighted by molar-refractivity contribution is -0.119. The van der Waals surface area contributed by atoms with Crippen LogP contribution in [-0.4, -0.2) is 17.7 Å². The van der Waals surface area contributed by atoms with E-state index >= 15 is 0 Å². The van der Waals surface area contributed by atoms with Crippen LogP contribution < -0.4 is 11.1 Å². The van der Waals surface area contributed by atoms with Gasteiger partial charge >= 0.3 is 0 Å². The summed E-state index contributed by atoms with van der Waals surface area (Å²) in [6.07, 6.45) is 0.517. The molecule has 86 valence electrons. The van der Waals surface area contributed by atoms with Crippen molar-refractivity contribution in [1.29, 1.82) is 5.41 Å². The molecule has 4 heteroatoms. The second-order valence-electron chi connectivity index (χ2n) is 3.91. The Labute approximate surface area is 95.4 Å². The highest BCUT2D eigenvalue weighted by molar-refractivity contribution is 5.98. The lowest BCUT2D eigenvalue weighted by Crippen LogP contribution is -2.32. The third kappa shape index (κ3) is 3.73. The summed E-state index contributed by atoms with van der Waals surface area (Å²) >= 11 is 0. The highest BCUT2D eigenvalue weighted by atomic mass is 16.1. The molecule has 0 fully saturated rings. The van der Waals surface area contributed by atoms with Crippen LogP contribution in [0.3, 0.4) is 0 Å². The lowest BCUT2D eigenvalue weighted by atomic mass is 10.0. The predicted octanol–water partition coefficient (Wildman–Crippen LogP) is 1.55. The summed E-state index contributed by atoms with van der Waals surface area (Å²) in [4.78, 5) is 10.8. The Balaban J connectivity index is 2.58. The number of hydrogen-bond donors (Lipinski definition) is 3. The van der Waals surface area contributed by atoms with Gasteiger partial charge in [0.15, 0.2) is 0 Å². The van der Waals surface area contributed by atoms with Crippen molar-refractivity contribution in [2.45, 2.75) is 26.3 Å². The highest BCUT2D eigenvalue weighted by Gasteiger charge is 2.08. The van der Waals surface area contributed by atoms with Crippen molar-refractivity contribution < 1.29 is 4.79 Å². The van der Waals surface area contributed by atoms with Crippen molar-refractivity contribution in [3.05, 3.63) is 29.8 Å². The summed E-state index contributed by atoms with van der Waals surface area (Å²) in [7, 11) is 0. The Bertz CT molecular complexity index is 384. The van der Waals surface area contributed by atoms with Crippen molar-refractivity contribution in [3.8, 4) is 0 Å². The molecule has 0 heterocycles. The van der Waals surface area contributed by atoms with Crippen LogP contribution in [0.25, 0.3) is 0 Å². The van der Waals surface area contributed by atoms with E-state index in [2.05, 4.69) is 5.32 Å². The van der Waals surface area contributed by atoms with Gasteiger partial charge in [0.2, 0.25) is 5.91 Å². The zero-order valence-electron chi connectivity index (χ0n) is 9.58. The van der Waals surface area contributed by atoms with Gasteiger partial charge in [0.1, 0.15) is 0 Å². The molecular weight excluding hydrogens is 202 g/mol. The Morgan fingerprint density at radius 2 is 2.00 bits per heavy atom. The zero-order valence-corrected chi connectivity index (χ0v) is 9.58. The smallest absolute Gasteiger partial charge is 0.217 e. The van der Waals surface area contributed by atoms with E-state index in [1.54, 1.807) is 12.1 Å². The maximum Gasteiger partial charge on any atom is 0.217 e. The first-order valence-electron chi connectivity index (χ1n) is 5.19. The standard InChI is InChI=1S/C12H17N3O/c1-8(15-9(2)16)7-12(14)10-3-5-11(13)6-4-10/h3-6,8,14H,7,13H2,1-2H3,(H,15,16). The van der Waals surface area contributed by atoms with Crippen molar-refractivity contribution in [1.82, 2.24) is 5.32 Å². The van der Waals surface area contributed by atoms with E-state index in [0.29, 0.717) is 17.8 Å². The van der Waals surface area contributed by atoms with E-state index in [4.69, 9.17) is 11.1 Å². The molecule has 0 aromatic heterocycles. The van der Waals surface area contributed by atoms with E-state index in [-0.39, 0.29) is 11.9 Å². The number of nitrogens with two attached hydrogens (primary N) is 1. The van der Waals surface area contributed by atoms with Crippen LogP contribution in [0, 0.1) is 5.41 Å². The summed E-state index contributed by atoms with van der Waals surface area (Å²) in [5.74, 6) is -0.0717. The fraction of sp³-hybridized carbons (Fsp3) is 0.333. The van der Waals surface area contributed by atoms with Gasteiger partial charge in [0, 0.05) is 30.8 Å². The van der Waals surface area contributed by atoms with Crippen LogP contribution in [0.2, 0.25) is 0 Å². The van der Waals surface area contributed by atoms with E-state index in [1.165, 1.54) is 6.92 Å². The average molecular weight is 219 g/mol. The number of amides is 1. The molecule has 1 aromatic carbocycles. The molecule has 0 aliphatic carbocycles. The fourth-order valence-corrected chi connectivity index (χ4v) is 1.51. The largest absolute Gasteiger partial charge is 0.399 e. The second-order valence-corrected chi connectivity index (χ2v) is 3.91. The molecule has 0 aliphatic rings. The summed E-state index contributed by atoms with van der Waals surface area (Å²) in [5, 5.41) is 10.6. The van der Waals surface area contributed by atoms with Gasteiger partial charge in [-0.2, -0.15) is 0 Å². The number of rotatable bonds is 4. The molecule has 0 saturated heterocycles. The minimum Gasteiger partial charge on any atom is -0.399 e. The summed E-state index contributed by atoms with van der Waals surface area (Å²) in [6, 6.07) is 7.15. The van der Waals surface area contributed by atoms with Gasteiger partial charge in [-0.1, -0.05) is 12.1 Å². The van der Waals surface area contributed by atoms with Gasteiger partial charge in [-0.15, -0.1) is 0 Å². The van der Waals surface area contributed by atoms with Crippen LogP contribution in [0.5, 0.6) is 0 Å². The molecule has 0 aliphatic heterocycles. The molecule has 1 aromatic rings. The van der Waals surface area contributed by atoms with Crippen LogP contribution >= 0.6 is 0 Å². The average Bonchev–Trinajstić information content (AvgIpc) is 2.16. The maximum absolute atomic E-state index is 10.8. The molecule has 0 radical (unpaired) electrons. The molecule has 1 unspecified atom stereocenters. The number of carbonyl (C=O) groups is 1. The van der Waals surface area contributed by atoms with Crippen LogP contribution in [-0.2, 0) is 4.79 Å². The third-order valence-electron chi connectivity index (χ3n) is 2.22. The Kier molecular flexibility index (Phi) is 4.05. The third-order valence-corrected chi connectivity index (χ3v) is 2.22. The van der Waals surface area contributed by atoms with Crippen molar-refractivity contribution in [2.75, 3.05) is 5.73 Å². The van der Waals surface area contributed by atoms with Gasteiger partial charge in [0.25, 0.3) is 0 Å². The summed E-state index contributed by atoms with van der Waals surface area (Å²) < 4.78 is 0. The predicted molar refractivity (Wildman–Crippen MR) is 65.6 cm³/mol. The van der Waals surface area contributed by atoms with Crippen LogP contribution in [0.1, 0.15) is 25.8 Å². The Morgan fingerprint density at radius 3 is 2.50 bits per heavy atom. The van der Waals surface area contributed by atoms with Crippen molar-refractivity contribution in [2.24, 2.45) is 0 Å². The zero-order chi connectivity index (χ0) is 12.1. The van der Waals surface area contributed by atoms with E-state index < -0.39 is 0 Å². The maximum atomic E-state index is 10.8. The quantitative estimate of drug-likeness (QED) is 0.530. The number of hydrogen-bond acceptors (Lipinski definition) is 3. The van der Waals surface area contributed by atoms with Crippen LogP contribution in [0.15, 0.2) is 24.3 Å². The molecule has 0 spiro atoms. The molecule has 1 atom stereocenters. The highest BCUT2D eigenvalue weighted by Crippen LogP contribution is 2.09. The monoisotopic (exact) mass is 219 g/mol. The molecule has 1 amide bonds. The number of benzene rings is 1. The van der Waals surface area contributed by atoms with Gasteiger partial charge in [-0.25, -0.2) is 0 Å². The topological polar surface area (TPSA) is 79.0 Å². The number of anilines is 1. The van der Waals surface area contributed by atoms with E-state index in [1.807, 2.05) is 19.1 Å². The molecule has 1 rings (SSSR count). The van der Waals surface area contributed by atoms with Crippen LogP contribution in [0.4, 0.5) is 5.69 Å². The summed E-state index contributed by atoms with van der Waals surface area (Å²) in [6.45, 7) is 3.36. The second kappa shape index (κ2) is 5.30. The fourth-order valence-electron chi connectivity index (χ4n) is 1.51. The molecule has 0 saturated carbocycles. The van der Waals surface area contributed by atoms with Crippen molar-refractivity contribution in [3.63, 3.8) is 0 Å². The Hall–Kier alpha value is -1.84. The SMILES string of the molecule is CC(=O)NC(C)CC(=N)c1ccc(N)cc1. The van der Waals surface area contributed by atoms with E-state index in [9.17, 15) is 4.79 Å². The first-order valence-corrected chi connectivity index (χ1v) is 5.19. The molecule has 16 heavy (non-hydrogen) atoms. The number of nitrogen functional groups attached to an aromatic ring is 1. The number of nitrogens with one attached hydrogen (secondary N) is 2. The van der Waals surface area contributed by atoms with Gasteiger partial charge in [0.05, 0.1) is 0 Å². The van der Waals surface area contributed by atoms with Crippen molar-refractivity contribution >= 4 is 17.3 Å².